The zero-order chi connectivity index (χ0) is 13.3. The van der Waals surface area contributed by atoms with Gasteiger partial charge in [0.05, 0.1) is 17.1 Å². The van der Waals surface area contributed by atoms with Crippen molar-refractivity contribution >= 4 is 21.7 Å². The summed E-state index contributed by atoms with van der Waals surface area (Å²) in [6.45, 7) is 0. The maximum atomic E-state index is 14.0. The molecule has 2 rings (SSSR count). The summed E-state index contributed by atoms with van der Waals surface area (Å²) < 4.78 is 32.8. The van der Waals surface area contributed by atoms with Crippen LogP contribution in [-0.2, 0) is 0 Å². The summed E-state index contributed by atoms with van der Waals surface area (Å²) >= 11 is 2.99. The second kappa shape index (κ2) is 4.85. The number of halogens is 3. The Bertz CT molecular complexity index is 607. The molecule has 4 nitrogen and oxygen atoms in total. The van der Waals surface area contributed by atoms with Gasteiger partial charge in [0.25, 0.3) is 0 Å². The summed E-state index contributed by atoms with van der Waals surface area (Å²) in [7, 11) is 1.33. The first-order valence-corrected chi connectivity index (χ1v) is 5.64. The summed E-state index contributed by atoms with van der Waals surface area (Å²) in [5.74, 6) is -1.48. The molecular weight excluding hydrogens is 308 g/mol. The minimum Gasteiger partial charge on any atom is -0.491 e. The van der Waals surface area contributed by atoms with Gasteiger partial charge < -0.3 is 10.5 Å². The number of methoxy groups -OCH3 is 1. The zero-order valence-electron chi connectivity index (χ0n) is 9.25. The molecule has 0 amide bonds. The second-order valence-electron chi connectivity index (χ2n) is 3.36. The number of nitrogens with zero attached hydrogens (tertiary/aromatic N) is 2. The normalized spacial score (nSPS) is 10.4. The quantitative estimate of drug-likeness (QED) is 0.866. The minimum atomic E-state index is -0.772. The van der Waals surface area contributed by atoms with E-state index < -0.39 is 11.6 Å². The highest BCUT2D eigenvalue weighted by Crippen LogP contribution is 2.36. The second-order valence-corrected chi connectivity index (χ2v) is 4.21. The van der Waals surface area contributed by atoms with Gasteiger partial charge in [-0.15, -0.1) is 0 Å². The van der Waals surface area contributed by atoms with Crippen LogP contribution in [0.2, 0.25) is 0 Å². The lowest BCUT2D eigenvalue weighted by atomic mass is 10.1. The van der Waals surface area contributed by atoms with Crippen molar-refractivity contribution in [1.82, 2.24) is 9.97 Å². The first-order chi connectivity index (χ1) is 8.56. The molecule has 1 heterocycles. The number of hydrogen-bond donors (Lipinski definition) is 1. The van der Waals surface area contributed by atoms with E-state index in [1.807, 2.05) is 0 Å². The number of ether oxygens (including phenoxy) is 1. The van der Waals surface area contributed by atoms with Crippen molar-refractivity contribution in [3.8, 4) is 17.0 Å². The van der Waals surface area contributed by atoms with Gasteiger partial charge in [-0.2, -0.15) is 0 Å². The van der Waals surface area contributed by atoms with Gasteiger partial charge in [0.1, 0.15) is 23.7 Å². The lowest BCUT2D eigenvalue weighted by Gasteiger charge is -2.11. The van der Waals surface area contributed by atoms with Crippen LogP contribution in [0.1, 0.15) is 0 Å². The van der Waals surface area contributed by atoms with E-state index in [0.717, 1.165) is 12.4 Å². The van der Waals surface area contributed by atoms with Crippen molar-refractivity contribution < 1.29 is 13.5 Å². The first kappa shape index (κ1) is 12.7. The standard InChI is InChI=1S/C11H8BrF2N3O/c1-18-10-9(16-4-17-11(10)15)7-6(13)3-2-5(12)8(7)14/h2-4H,1H3,(H2,15,16,17). The molecule has 7 heteroatoms. The van der Waals surface area contributed by atoms with Crippen LogP contribution in [-0.4, -0.2) is 17.1 Å². The smallest absolute Gasteiger partial charge is 0.187 e. The van der Waals surface area contributed by atoms with Crippen LogP contribution in [0.25, 0.3) is 11.3 Å². The van der Waals surface area contributed by atoms with E-state index in [0.29, 0.717) is 0 Å². The minimum absolute atomic E-state index is 0.0151. The maximum Gasteiger partial charge on any atom is 0.187 e. The van der Waals surface area contributed by atoms with Crippen LogP contribution >= 0.6 is 15.9 Å². The third-order valence-electron chi connectivity index (χ3n) is 2.32. The fourth-order valence-corrected chi connectivity index (χ4v) is 1.84. The van der Waals surface area contributed by atoms with Crippen molar-refractivity contribution in [2.45, 2.75) is 0 Å². The van der Waals surface area contributed by atoms with Gasteiger partial charge >= 0.3 is 0 Å². The largest absolute Gasteiger partial charge is 0.491 e. The average Bonchev–Trinajstić information content (AvgIpc) is 2.35. The number of hydrogen-bond acceptors (Lipinski definition) is 4. The molecule has 0 saturated heterocycles. The van der Waals surface area contributed by atoms with E-state index in [-0.39, 0.29) is 27.3 Å². The fourth-order valence-electron chi connectivity index (χ4n) is 1.51. The molecule has 0 atom stereocenters. The van der Waals surface area contributed by atoms with Crippen LogP contribution < -0.4 is 10.5 Å². The molecule has 1 aromatic carbocycles. The SMILES string of the molecule is COc1c(N)ncnc1-c1c(F)ccc(Br)c1F. The molecule has 0 spiro atoms. The summed E-state index contributed by atoms with van der Waals surface area (Å²) in [5.41, 5.74) is 5.24. The van der Waals surface area contributed by atoms with E-state index in [1.54, 1.807) is 0 Å². The lowest BCUT2D eigenvalue weighted by Crippen LogP contribution is -2.02. The summed E-state index contributed by atoms with van der Waals surface area (Å²) in [6, 6.07) is 2.39. The van der Waals surface area contributed by atoms with Gasteiger partial charge in [0.2, 0.25) is 0 Å². The van der Waals surface area contributed by atoms with E-state index in [9.17, 15) is 8.78 Å². The number of nitrogen functional groups attached to an aromatic ring is 1. The number of aromatic nitrogens is 2. The number of anilines is 1. The molecule has 0 unspecified atom stereocenters. The number of benzene rings is 1. The summed E-state index contributed by atoms with van der Waals surface area (Å²) in [4.78, 5) is 7.53. The maximum absolute atomic E-state index is 14.0. The monoisotopic (exact) mass is 315 g/mol. The Balaban J connectivity index is 2.77. The van der Waals surface area contributed by atoms with Gasteiger partial charge in [0, 0.05) is 0 Å². The van der Waals surface area contributed by atoms with Crippen LogP contribution in [0.5, 0.6) is 5.75 Å². The highest BCUT2D eigenvalue weighted by atomic mass is 79.9. The molecule has 0 aliphatic heterocycles. The molecule has 94 valence electrons. The third kappa shape index (κ3) is 2.01. The molecule has 0 bridgehead atoms. The summed E-state index contributed by atoms with van der Waals surface area (Å²) in [6.07, 6.45) is 1.12. The Labute approximate surface area is 110 Å². The fraction of sp³-hybridized carbons (Fsp3) is 0.0909. The van der Waals surface area contributed by atoms with Crippen molar-refractivity contribution in [3.05, 3.63) is 34.6 Å². The first-order valence-electron chi connectivity index (χ1n) is 4.84. The molecule has 18 heavy (non-hydrogen) atoms. The molecule has 0 saturated carbocycles. The number of rotatable bonds is 2. The zero-order valence-corrected chi connectivity index (χ0v) is 10.8. The van der Waals surface area contributed by atoms with Gasteiger partial charge in [-0.3, -0.25) is 0 Å². The predicted octanol–water partition coefficient (Wildman–Crippen LogP) is 2.78. The molecule has 2 aromatic rings. The van der Waals surface area contributed by atoms with E-state index in [2.05, 4.69) is 25.9 Å². The van der Waals surface area contributed by atoms with E-state index >= 15 is 0 Å². The van der Waals surface area contributed by atoms with Gasteiger partial charge in [0.15, 0.2) is 11.6 Å². The van der Waals surface area contributed by atoms with E-state index in [1.165, 1.54) is 13.2 Å². The molecule has 0 fully saturated rings. The van der Waals surface area contributed by atoms with Crippen molar-refractivity contribution in [2.75, 3.05) is 12.8 Å². The van der Waals surface area contributed by atoms with Crippen molar-refractivity contribution in [3.63, 3.8) is 0 Å². The van der Waals surface area contributed by atoms with Crippen LogP contribution in [0.4, 0.5) is 14.6 Å². The van der Waals surface area contributed by atoms with Crippen LogP contribution in [0, 0.1) is 11.6 Å². The third-order valence-corrected chi connectivity index (χ3v) is 2.93. The predicted molar refractivity (Wildman–Crippen MR) is 66.0 cm³/mol. The number of nitrogens with two attached hydrogens (primary N) is 1. The van der Waals surface area contributed by atoms with Gasteiger partial charge in [-0.1, -0.05) is 0 Å². The van der Waals surface area contributed by atoms with E-state index in [4.69, 9.17) is 10.5 Å². The Kier molecular flexibility index (Phi) is 3.42. The Morgan fingerprint density at radius 3 is 2.67 bits per heavy atom. The molecule has 0 aliphatic rings. The highest BCUT2D eigenvalue weighted by Gasteiger charge is 2.21. The molecular formula is C11H8BrF2N3O. The summed E-state index contributed by atoms with van der Waals surface area (Å²) in [5, 5.41) is 0. The Hall–Kier alpha value is -1.76. The Morgan fingerprint density at radius 2 is 2.00 bits per heavy atom. The van der Waals surface area contributed by atoms with Crippen molar-refractivity contribution in [1.29, 1.82) is 0 Å². The molecule has 0 aliphatic carbocycles. The topological polar surface area (TPSA) is 61.0 Å². The molecule has 2 N–H and O–H groups in total. The Morgan fingerprint density at radius 1 is 1.28 bits per heavy atom. The van der Waals surface area contributed by atoms with Gasteiger partial charge in [-0.05, 0) is 28.1 Å². The van der Waals surface area contributed by atoms with Gasteiger partial charge in [-0.25, -0.2) is 18.7 Å². The highest BCUT2D eigenvalue weighted by molar-refractivity contribution is 9.10. The molecule has 1 aromatic heterocycles. The van der Waals surface area contributed by atoms with Crippen LogP contribution in [0.3, 0.4) is 0 Å². The lowest BCUT2D eigenvalue weighted by molar-refractivity contribution is 0.414. The molecule has 0 radical (unpaired) electrons. The van der Waals surface area contributed by atoms with Crippen molar-refractivity contribution in [2.24, 2.45) is 0 Å². The van der Waals surface area contributed by atoms with Crippen LogP contribution in [0.15, 0.2) is 22.9 Å². The average molecular weight is 316 g/mol.